The van der Waals surface area contributed by atoms with Gasteiger partial charge in [0.2, 0.25) is 0 Å². The molecule has 0 aliphatic carbocycles. The van der Waals surface area contributed by atoms with Gasteiger partial charge >= 0.3 is 6.18 Å². The Morgan fingerprint density at radius 3 is 2.00 bits per heavy atom. The third kappa shape index (κ3) is 2.60. The molecule has 0 aliphatic heterocycles. The summed E-state index contributed by atoms with van der Waals surface area (Å²) in [4.78, 5) is 0. The molecule has 1 atom stereocenters. The van der Waals surface area contributed by atoms with E-state index in [2.05, 4.69) is 0 Å². The molecule has 0 aromatic heterocycles. The molecule has 0 spiro atoms. The molecule has 72 valence electrons. The quantitative estimate of drug-likeness (QED) is 0.756. The molecule has 2 N–H and O–H groups in total. The van der Waals surface area contributed by atoms with E-state index in [4.69, 9.17) is 17.3 Å². The van der Waals surface area contributed by atoms with Crippen LogP contribution < -0.4 is 5.73 Å². The second-order valence-electron chi connectivity index (χ2n) is 2.57. The molecular formula is C8H7ClF3N. The lowest BCUT2D eigenvalue weighted by molar-refractivity contribution is -0.149. The van der Waals surface area contributed by atoms with E-state index in [0.717, 1.165) is 0 Å². The van der Waals surface area contributed by atoms with Gasteiger partial charge in [0.25, 0.3) is 0 Å². The molecule has 0 heterocycles. The van der Waals surface area contributed by atoms with Crippen LogP contribution >= 0.6 is 11.6 Å². The van der Waals surface area contributed by atoms with Gasteiger partial charge in [0.1, 0.15) is 6.04 Å². The van der Waals surface area contributed by atoms with Crippen molar-refractivity contribution in [2.75, 3.05) is 0 Å². The van der Waals surface area contributed by atoms with E-state index in [1.54, 1.807) is 0 Å². The van der Waals surface area contributed by atoms with Crippen molar-refractivity contribution in [3.8, 4) is 0 Å². The van der Waals surface area contributed by atoms with E-state index in [1.807, 2.05) is 0 Å². The topological polar surface area (TPSA) is 26.0 Å². The van der Waals surface area contributed by atoms with Crippen LogP contribution in [0.2, 0.25) is 5.02 Å². The number of benzene rings is 1. The molecule has 0 radical (unpaired) electrons. The SMILES string of the molecule is N[C@@H](c1ccc(Cl)cc1)C(F)(F)F. The fourth-order valence-electron chi connectivity index (χ4n) is 0.859. The minimum Gasteiger partial charge on any atom is -0.316 e. The summed E-state index contributed by atoms with van der Waals surface area (Å²) in [6.45, 7) is 0. The van der Waals surface area contributed by atoms with Gasteiger partial charge in [-0.15, -0.1) is 0 Å². The molecule has 1 aromatic carbocycles. The number of alkyl halides is 3. The van der Waals surface area contributed by atoms with Crippen LogP contribution in [0.1, 0.15) is 11.6 Å². The first-order chi connectivity index (χ1) is 5.91. The maximum atomic E-state index is 12.1. The predicted molar refractivity (Wildman–Crippen MR) is 44.4 cm³/mol. The molecule has 0 bridgehead atoms. The van der Waals surface area contributed by atoms with E-state index in [1.165, 1.54) is 24.3 Å². The lowest BCUT2D eigenvalue weighted by Gasteiger charge is -2.15. The van der Waals surface area contributed by atoms with Gasteiger partial charge in [-0.25, -0.2) is 0 Å². The molecule has 0 aliphatic rings. The first-order valence-corrected chi connectivity index (χ1v) is 3.87. The van der Waals surface area contributed by atoms with Crippen molar-refractivity contribution in [2.24, 2.45) is 5.73 Å². The zero-order valence-corrected chi connectivity index (χ0v) is 7.23. The highest BCUT2D eigenvalue weighted by Gasteiger charge is 2.37. The maximum absolute atomic E-state index is 12.1. The van der Waals surface area contributed by atoms with Crippen molar-refractivity contribution in [1.82, 2.24) is 0 Å². The Kier molecular flexibility index (Phi) is 2.83. The molecule has 5 heteroatoms. The second kappa shape index (κ2) is 3.55. The molecule has 1 nitrogen and oxygen atoms in total. The van der Waals surface area contributed by atoms with E-state index < -0.39 is 12.2 Å². The summed E-state index contributed by atoms with van der Waals surface area (Å²) in [5.74, 6) is 0. The van der Waals surface area contributed by atoms with E-state index >= 15 is 0 Å². The van der Waals surface area contributed by atoms with Gasteiger partial charge in [0.15, 0.2) is 0 Å². The zero-order valence-electron chi connectivity index (χ0n) is 6.48. The van der Waals surface area contributed by atoms with Crippen molar-refractivity contribution in [3.63, 3.8) is 0 Å². The minimum absolute atomic E-state index is 0.0110. The van der Waals surface area contributed by atoms with Gasteiger partial charge in [-0.05, 0) is 17.7 Å². The van der Waals surface area contributed by atoms with Gasteiger partial charge in [0.05, 0.1) is 0 Å². The Labute approximate surface area is 78.3 Å². The Balaban J connectivity index is 2.90. The van der Waals surface area contributed by atoms with Crippen LogP contribution in [0.5, 0.6) is 0 Å². The summed E-state index contributed by atoms with van der Waals surface area (Å²) in [7, 11) is 0. The second-order valence-corrected chi connectivity index (χ2v) is 3.01. The summed E-state index contributed by atoms with van der Waals surface area (Å²) in [6, 6.07) is 3.34. The number of hydrogen-bond acceptors (Lipinski definition) is 1. The minimum atomic E-state index is -4.41. The van der Waals surface area contributed by atoms with Crippen molar-refractivity contribution in [1.29, 1.82) is 0 Å². The van der Waals surface area contributed by atoms with Crippen molar-refractivity contribution >= 4 is 11.6 Å². The largest absolute Gasteiger partial charge is 0.407 e. The first kappa shape index (κ1) is 10.3. The highest BCUT2D eigenvalue weighted by atomic mass is 35.5. The van der Waals surface area contributed by atoms with Crippen LogP contribution in [-0.2, 0) is 0 Å². The van der Waals surface area contributed by atoms with Gasteiger partial charge < -0.3 is 5.73 Å². The van der Waals surface area contributed by atoms with Gasteiger partial charge in [-0.2, -0.15) is 13.2 Å². The maximum Gasteiger partial charge on any atom is 0.407 e. The summed E-state index contributed by atoms with van der Waals surface area (Å²) >= 11 is 5.51. The molecule has 0 fully saturated rings. The standard InChI is InChI=1S/C8H7ClF3N/c9-6-3-1-5(2-4-6)7(13)8(10,11)12/h1-4,7H,13H2/t7-/m0/s1. The van der Waals surface area contributed by atoms with Crippen LogP contribution in [0.25, 0.3) is 0 Å². The number of hydrogen-bond donors (Lipinski definition) is 1. The normalized spacial score (nSPS) is 14.2. The summed E-state index contributed by atoms with van der Waals surface area (Å²) in [5, 5.41) is 0.387. The predicted octanol–water partition coefficient (Wildman–Crippen LogP) is 2.90. The fraction of sp³-hybridized carbons (Fsp3) is 0.250. The molecule has 1 aromatic rings. The summed E-state index contributed by atoms with van der Waals surface area (Å²) in [5.41, 5.74) is 4.97. The van der Waals surface area contributed by atoms with Crippen molar-refractivity contribution in [3.05, 3.63) is 34.9 Å². The van der Waals surface area contributed by atoms with E-state index in [9.17, 15) is 13.2 Å². The highest BCUT2D eigenvalue weighted by Crippen LogP contribution is 2.30. The van der Waals surface area contributed by atoms with Crippen LogP contribution in [0.4, 0.5) is 13.2 Å². The molecule has 1 rings (SSSR count). The number of rotatable bonds is 1. The van der Waals surface area contributed by atoms with Crippen LogP contribution in [0, 0.1) is 0 Å². The van der Waals surface area contributed by atoms with Crippen molar-refractivity contribution in [2.45, 2.75) is 12.2 Å². The highest BCUT2D eigenvalue weighted by molar-refractivity contribution is 6.30. The first-order valence-electron chi connectivity index (χ1n) is 3.49. The summed E-state index contributed by atoms with van der Waals surface area (Å²) < 4.78 is 36.2. The summed E-state index contributed by atoms with van der Waals surface area (Å²) in [6.07, 6.45) is -4.41. The molecule has 0 saturated carbocycles. The smallest absolute Gasteiger partial charge is 0.316 e. The lowest BCUT2D eigenvalue weighted by atomic mass is 10.1. The lowest BCUT2D eigenvalue weighted by Crippen LogP contribution is -2.28. The third-order valence-corrected chi connectivity index (χ3v) is 1.83. The number of halogens is 4. The van der Waals surface area contributed by atoms with Crippen LogP contribution in [-0.4, -0.2) is 6.18 Å². The third-order valence-electron chi connectivity index (χ3n) is 1.58. The molecule has 0 saturated heterocycles. The Morgan fingerprint density at radius 2 is 1.62 bits per heavy atom. The van der Waals surface area contributed by atoms with Gasteiger partial charge in [-0.1, -0.05) is 23.7 Å². The zero-order chi connectivity index (χ0) is 10.1. The van der Waals surface area contributed by atoms with Crippen molar-refractivity contribution < 1.29 is 13.2 Å². The fourth-order valence-corrected chi connectivity index (χ4v) is 0.985. The number of nitrogens with two attached hydrogens (primary N) is 1. The van der Waals surface area contributed by atoms with Crippen LogP contribution in [0.3, 0.4) is 0 Å². The molecule has 0 amide bonds. The average molecular weight is 210 g/mol. The molecule has 0 unspecified atom stereocenters. The Bertz CT molecular complexity index is 280. The van der Waals surface area contributed by atoms with Gasteiger partial charge in [-0.3, -0.25) is 0 Å². The van der Waals surface area contributed by atoms with Gasteiger partial charge in [0, 0.05) is 5.02 Å². The van der Waals surface area contributed by atoms with E-state index in [-0.39, 0.29) is 5.56 Å². The Hall–Kier alpha value is -0.740. The molecule has 13 heavy (non-hydrogen) atoms. The van der Waals surface area contributed by atoms with E-state index in [0.29, 0.717) is 5.02 Å². The Morgan fingerprint density at radius 1 is 1.15 bits per heavy atom. The molecular weight excluding hydrogens is 203 g/mol. The monoisotopic (exact) mass is 209 g/mol. The van der Waals surface area contributed by atoms with Crippen LogP contribution in [0.15, 0.2) is 24.3 Å². The average Bonchev–Trinajstić information content (AvgIpc) is 2.03.